The summed E-state index contributed by atoms with van der Waals surface area (Å²) >= 11 is 0. The predicted molar refractivity (Wildman–Crippen MR) is 68.2 cm³/mol. The first-order valence-electron chi connectivity index (χ1n) is 5.99. The number of nitro benzene ring substituents is 1. The van der Waals surface area contributed by atoms with Crippen LogP contribution in [0.25, 0.3) is 0 Å². The van der Waals surface area contributed by atoms with Crippen LogP contribution in [0, 0.1) is 21.3 Å². The van der Waals surface area contributed by atoms with Crippen molar-refractivity contribution in [2.24, 2.45) is 16.3 Å². The summed E-state index contributed by atoms with van der Waals surface area (Å²) in [6.07, 6.45) is 2.06. The molecule has 3 N–H and O–H groups in total. The summed E-state index contributed by atoms with van der Waals surface area (Å²) < 4.78 is 19.0. The fraction of sp³-hybridized carbons (Fsp3) is 0.417. The van der Waals surface area contributed by atoms with Crippen molar-refractivity contribution in [2.75, 3.05) is 6.61 Å². The van der Waals surface area contributed by atoms with Crippen LogP contribution in [0.5, 0.6) is 5.75 Å². The van der Waals surface area contributed by atoms with Gasteiger partial charge in [-0.1, -0.05) is 5.16 Å². The summed E-state index contributed by atoms with van der Waals surface area (Å²) in [4.78, 5) is 9.82. The lowest BCUT2D eigenvalue weighted by Gasteiger charge is -2.15. The first-order valence-corrected chi connectivity index (χ1v) is 5.99. The van der Waals surface area contributed by atoms with E-state index in [9.17, 15) is 14.5 Å². The molecule has 2 rings (SSSR count). The minimum absolute atomic E-state index is 0.0404. The Bertz CT molecular complexity index is 558. The van der Waals surface area contributed by atoms with Crippen LogP contribution < -0.4 is 10.5 Å². The second-order valence-corrected chi connectivity index (χ2v) is 4.93. The third-order valence-electron chi connectivity index (χ3n) is 3.30. The molecule has 1 aromatic carbocycles. The molecule has 20 heavy (non-hydrogen) atoms. The second-order valence-electron chi connectivity index (χ2n) is 4.93. The number of nitrogens with two attached hydrogens (primary N) is 1. The molecular formula is C12H14FN3O4. The number of nitrogens with zero attached hydrogens (tertiary/aromatic N) is 2. The number of amidine groups is 1. The van der Waals surface area contributed by atoms with Gasteiger partial charge in [-0.05, 0) is 18.9 Å². The Morgan fingerprint density at radius 2 is 2.30 bits per heavy atom. The molecule has 0 bridgehead atoms. The lowest BCUT2D eigenvalue weighted by atomic mass is 10.0. The number of hydrogen-bond acceptors (Lipinski definition) is 5. The van der Waals surface area contributed by atoms with Crippen molar-refractivity contribution in [1.82, 2.24) is 0 Å². The first-order chi connectivity index (χ1) is 9.46. The molecule has 1 saturated carbocycles. The summed E-state index contributed by atoms with van der Waals surface area (Å²) in [6.45, 7) is 0.220. The largest absolute Gasteiger partial charge is 0.490 e. The zero-order chi connectivity index (χ0) is 14.8. The minimum Gasteiger partial charge on any atom is -0.490 e. The summed E-state index contributed by atoms with van der Waals surface area (Å²) in [5.74, 6) is -0.713. The third kappa shape index (κ3) is 3.14. The van der Waals surface area contributed by atoms with Gasteiger partial charge >= 0.3 is 0 Å². The molecule has 0 unspecified atom stereocenters. The molecule has 1 aliphatic rings. The van der Waals surface area contributed by atoms with Gasteiger partial charge in [0.05, 0.1) is 17.6 Å². The van der Waals surface area contributed by atoms with Crippen LogP contribution in [0.15, 0.2) is 23.4 Å². The number of rotatable bonds is 6. The first kappa shape index (κ1) is 14.0. The fourth-order valence-electron chi connectivity index (χ4n) is 1.92. The normalized spacial score (nSPS) is 16.8. The van der Waals surface area contributed by atoms with Crippen molar-refractivity contribution in [1.29, 1.82) is 0 Å². The molecule has 0 aromatic heterocycles. The zero-order valence-electron chi connectivity index (χ0n) is 10.6. The van der Waals surface area contributed by atoms with E-state index in [0.717, 1.165) is 18.9 Å². The van der Waals surface area contributed by atoms with Gasteiger partial charge in [0, 0.05) is 17.9 Å². The standard InChI is InChI=1S/C12H14FN3O4/c13-9-5-8(16(18)19)1-2-10(9)20-7-12(3-4-12)6-11(14)15-17/h1-2,5,17H,3-4,6-7H2,(H2,14,15). The van der Waals surface area contributed by atoms with Crippen molar-refractivity contribution in [3.05, 3.63) is 34.1 Å². The summed E-state index contributed by atoms with van der Waals surface area (Å²) in [5.41, 5.74) is 4.89. The molecule has 8 heteroatoms. The van der Waals surface area contributed by atoms with Gasteiger partial charge in [-0.3, -0.25) is 10.1 Å². The number of nitro groups is 1. The van der Waals surface area contributed by atoms with E-state index in [1.807, 2.05) is 0 Å². The lowest BCUT2D eigenvalue weighted by Crippen LogP contribution is -2.22. The highest BCUT2D eigenvalue weighted by Gasteiger charge is 2.44. The molecule has 108 valence electrons. The molecule has 1 aliphatic carbocycles. The van der Waals surface area contributed by atoms with Gasteiger partial charge < -0.3 is 15.7 Å². The van der Waals surface area contributed by atoms with Crippen LogP contribution in [0.2, 0.25) is 0 Å². The number of non-ortho nitro benzene ring substituents is 1. The maximum Gasteiger partial charge on any atom is 0.272 e. The fourth-order valence-corrected chi connectivity index (χ4v) is 1.92. The monoisotopic (exact) mass is 283 g/mol. The Hall–Kier alpha value is -2.38. The highest BCUT2D eigenvalue weighted by molar-refractivity contribution is 5.80. The van der Waals surface area contributed by atoms with Crippen LogP contribution in [-0.2, 0) is 0 Å². The van der Waals surface area contributed by atoms with Crippen molar-refractivity contribution < 1.29 is 19.3 Å². The second kappa shape index (κ2) is 5.32. The molecular weight excluding hydrogens is 269 g/mol. The maximum atomic E-state index is 13.6. The molecule has 1 aromatic rings. The Labute approximate surface area is 114 Å². The van der Waals surface area contributed by atoms with Gasteiger partial charge in [0.25, 0.3) is 5.69 Å². The highest BCUT2D eigenvalue weighted by atomic mass is 19.1. The summed E-state index contributed by atoms with van der Waals surface area (Å²) in [5, 5.41) is 21.9. The van der Waals surface area contributed by atoms with E-state index in [0.29, 0.717) is 6.42 Å². The average molecular weight is 283 g/mol. The smallest absolute Gasteiger partial charge is 0.272 e. The average Bonchev–Trinajstić information content (AvgIpc) is 3.17. The van der Waals surface area contributed by atoms with Crippen molar-refractivity contribution in [3.8, 4) is 5.75 Å². The van der Waals surface area contributed by atoms with Gasteiger partial charge in [-0.25, -0.2) is 4.39 Å². The van der Waals surface area contributed by atoms with Gasteiger partial charge in [0.1, 0.15) is 5.84 Å². The molecule has 0 amide bonds. The quantitative estimate of drug-likeness (QED) is 0.273. The van der Waals surface area contributed by atoms with Crippen molar-refractivity contribution in [2.45, 2.75) is 19.3 Å². The van der Waals surface area contributed by atoms with E-state index in [1.165, 1.54) is 12.1 Å². The number of oxime groups is 1. The zero-order valence-corrected chi connectivity index (χ0v) is 10.6. The molecule has 1 fully saturated rings. The van der Waals surface area contributed by atoms with Crippen LogP contribution in [0.4, 0.5) is 10.1 Å². The minimum atomic E-state index is -0.779. The SMILES string of the molecule is NC(CC1(COc2ccc([N+](=O)[O-])cc2F)CC1)=NO. The molecule has 7 nitrogen and oxygen atoms in total. The van der Waals surface area contributed by atoms with Crippen LogP contribution in [0.3, 0.4) is 0 Å². The molecule has 0 atom stereocenters. The Morgan fingerprint density at radius 3 is 2.80 bits per heavy atom. The predicted octanol–water partition coefficient (Wildman–Crippen LogP) is 2.03. The molecule has 0 radical (unpaired) electrons. The number of ether oxygens (including phenoxy) is 1. The number of halogens is 1. The highest BCUT2D eigenvalue weighted by Crippen LogP contribution is 2.49. The van der Waals surface area contributed by atoms with Gasteiger partial charge in [-0.15, -0.1) is 0 Å². The number of hydrogen-bond donors (Lipinski definition) is 2. The lowest BCUT2D eigenvalue weighted by molar-refractivity contribution is -0.385. The third-order valence-corrected chi connectivity index (χ3v) is 3.30. The molecule has 0 spiro atoms. The van der Waals surface area contributed by atoms with Crippen LogP contribution in [0.1, 0.15) is 19.3 Å². The number of benzene rings is 1. The van der Waals surface area contributed by atoms with E-state index >= 15 is 0 Å². The molecule has 0 aliphatic heterocycles. The van der Waals surface area contributed by atoms with Crippen LogP contribution >= 0.6 is 0 Å². The summed E-state index contributed by atoms with van der Waals surface area (Å²) in [7, 11) is 0. The maximum absolute atomic E-state index is 13.6. The van der Waals surface area contributed by atoms with Gasteiger partial charge in [0.15, 0.2) is 11.6 Å². The van der Waals surface area contributed by atoms with E-state index in [4.69, 9.17) is 15.7 Å². The summed E-state index contributed by atoms with van der Waals surface area (Å²) in [6, 6.07) is 3.23. The van der Waals surface area contributed by atoms with E-state index < -0.39 is 10.7 Å². The molecule has 0 saturated heterocycles. The van der Waals surface area contributed by atoms with E-state index in [-0.39, 0.29) is 29.3 Å². The van der Waals surface area contributed by atoms with Gasteiger partial charge in [-0.2, -0.15) is 0 Å². The van der Waals surface area contributed by atoms with Crippen molar-refractivity contribution in [3.63, 3.8) is 0 Å². The Morgan fingerprint density at radius 1 is 1.60 bits per heavy atom. The van der Waals surface area contributed by atoms with Crippen molar-refractivity contribution >= 4 is 11.5 Å². The Balaban J connectivity index is 1.99. The molecule has 0 heterocycles. The van der Waals surface area contributed by atoms with E-state index in [1.54, 1.807) is 0 Å². The van der Waals surface area contributed by atoms with E-state index in [2.05, 4.69) is 5.16 Å². The Kier molecular flexibility index (Phi) is 3.73. The topological polar surface area (TPSA) is 111 Å². The van der Waals surface area contributed by atoms with Gasteiger partial charge in [0.2, 0.25) is 0 Å². The van der Waals surface area contributed by atoms with Crippen LogP contribution in [-0.4, -0.2) is 22.6 Å².